The number of piperidine rings is 1. The topological polar surface area (TPSA) is 61.4 Å². The summed E-state index contributed by atoms with van der Waals surface area (Å²) in [5, 5.41) is 6.41. The normalized spacial score (nSPS) is 19.5. The molecular formula is C24H29N3O2. The molecule has 0 aliphatic carbocycles. The van der Waals surface area contributed by atoms with Crippen molar-refractivity contribution in [2.45, 2.75) is 32.6 Å². The number of anilines is 2. The molecule has 2 amide bonds. The average Bonchev–Trinajstić information content (AvgIpc) is 3.18. The fraction of sp³-hybridized carbons (Fsp3) is 0.417. The molecule has 1 saturated heterocycles. The Morgan fingerprint density at radius 1 is 1.21 bits per heavy atom. The minimum Gasteiger partial charge on any atom is -0.326 e. The number of benzene rings is 2. The molecule has 0 aromatic heterocycles. The fourth-order valence-electron chi connectivity index (χ4n) is 4.47. The maximum absolute atomic E-state index is 13.0. The molecule has 29 heavy (non-hydrogen) atoms. The van der Waals surface area contributed by atoms with E-state index in [4.69, 9.17) is 0 Å². The van der Waals surface area contributed by atoms with E-state index in [2.05, 4.69) is 23.6 Å². The van der Waals surface area contributed by atoms with E-state index < -0.39 is 0 Å². The number of carbonyl (C=O) groups is 2. The van der Waals surface area contributed by atoms with E-state index >= 15 is 0 Å². The Hall–Kier alpha value is -2.66. The van der Waals surface area contributed by atoms with Gasteiger partial charge in [-0.3, -0.25) is 9.59 Å². The van der Waals surface area contributed by atoms with Crippen LogP contribution in [0.15, 0.2) is 48.5 Å². The summed E-state index contributed by atoms with van der Waals surface area (Å²) >= 11 is 0. The van der Waals surface area contributed by atoms with Crippen LogP contribution in [0, 0.1) is 11.8 Å². The Bertz CT molecular complexity index is 889. The molecule has 5 heteroatoms. The van der Waals surface area contributed by atoms with Gasteiger partial charge in [0.2, 0.25) is 5.91 Å². The van der Waals surface area contributed by atoms with Gasteiger partial charge in [0.1, 0.15) is 0 Å². The van der Waals surface area contributed by atoms with E-state index in [9.17, 15) is 9.59 Å². The molecule has 2 aromatic carbocycles. The van der Waals surface area contributed by atoms with E-state index in [1.807, 2.05) is 41.3 Å². The van der Waals surface area contributed by atoms with Crippen LogP contribution in [-0.4, -0.2) is 31.4 Å². The van der Waals surface area contributed by atoms with E-state index in [0.717, 1.165) is 25.2 Å². The van der Waals surface area contributed by atoms with Gasteiger partial charge in [-0.25, -0.2) is 0 Å². The maximum Gasteiger partial charge on any atom is 0.258 e. The Balaban J connectivity index is 1.40. The number of para-hydroxylation sites is 1. The first kappa shape index (κ1) is 19.6. The van der Waals surface area contributed by atoms with Crippen LogP contribution in [0.5, 0.6) is 0 Å². The highest BCUT2D eigenvalue weighted by atomic mass is 16.2. The van der Waals surface area contributed by atoms with Gasteiger partial charge in [0.15, 0.2) is 0 Å². The predicted octanol–water partition coefficient (Wildman–Crippen LogP) is 3.85. The van der Waals surface area contributed by atoms with E-state index in [1.54, 1.807) is 6.07 Å². The number of fused-ring (bicyclic) bond motifs is 1. The van der Waals surface area contributed by atoms with Gasteiger partial charge in [-0.2, -0.15) is 0 Å². The molecule has 2 aliphatic heterocycles. The Morgan fingerprint density at radius 3 is 2.90 bits per heavy atom. The monoisotopic (exact) mass is 391 g/mol. The minimum absolute atomic E-state index is 0.0131. The van der Waals surface area contributed by atoms with Gasteiger partial charge in [0.25, 0.3) is 5.91 Å². The lowest BCUT2D eigenvalue weighted by Gasteiger charge is -2.28. The Morgan fingerprint density at radius 2 is 2.07 bits per heavy atom. The highest BCUT2D eigenvalue weighted by Gasteiger charge is 2.25. The number of hydrogen-bond donors (Lipinski definition) is 2. The zero-order chi connectivity index (χ0) is 20.2. The number of hydrogen-bond acceptors (Lipinski definition) is 3. The fourth-order valence-corrected chi connectivity index (χ4v) is 4.47. The third kappa shape index (κ3) is 4.51. The third-order valence-electron chi connectivity index (χ3n) is 6.17. The van der Waals surface area contributed by atoms with Gasteiger partial charge in [0.05, 0.1) is 0 Å². The van der Waals surface area contributed by atoms with Gasteiger partial charge < -0.3 is 15.5 Å². The summed E-state index contributed by atoms with van der Waals surface area (Å²) in [6.07, 6.45) is 3.75. The van der Waals surface area contributed by atoms with Gasteiger partial charge in [0, 0.05) is 29.9 Å². The first-order valence-electron chi connectivity index (χ1n) is 10.6. The highest BCUT2D eigenvalue weighted by Crippen LogP contribution is 2.29. The van der Waals surface area contributed by atoms with Crippen molar-refractivity contribution in [2.75, 3.05) is 29.9 Å². The zero-order valence-corrected chi connectivity index (χ0v) is 17.0. The Kier molecular flexibility index (Phi) is 5.95. The van der Waals surface area contributed by atoms with Crippen molar-refractivity contribution in [3.8, 4) is 0 Å². The second-order valence-electron chi connectivity index (χ2n) is 8.25. The van der Waals surface area contributed by atoms with Crippen LogP contribution in [0.4, 0.5) is 11.4 Å². The largest absolute Gasteiger partial charge is 0.326 e. The van der Waals surface area contributed by atoms with Crippen molar-refractivity contribution in [3.63, 3.8) is 0 Å². The molecule has 2 heterocycles. The minimum atomic E-state index is -0.0207. The van der Waals surface area contributed by atoms with Crippen LogP contribution in [0.2, 0.25) is 0 Å². The lowest BCUT2D eigenvalue weighted by Crippen LogP contribution is -2.34. The molecule has 0 radical (unpaired) electrons. The van der Waals surface area contributed by atoms with Crippen LogP contribution in [0.1, 0.15) is 42.1 Å². The zero-order valence-electron chi connectivity index (χ0n) is 17.0. The van der Waals surface area contributed by atoms with Gasteiger partial charge in [-0.15, -0.1) is 0 Å². The van der Waals surface area contributed by atoms with Crippen LogP contribution in [0.3, 0.4) is 0 Å². The van der Waals surface area contributed by atoms with E-state index in [1.165, 1.54) is 18.4 Å². The molecule has 152 valence electrons. The molecule has 2 unspecified atom stereocenters. The predicted molar refractivity (Wildman–Crippen MR) is 116 cm³/mol. The molecular weight excluding hydrogens is 362 g/mol. The van der Waals surface area contributed by atoms with Crippen molar-refractivity contribution >= 4 is 23.2 Å². The summed E-state index contributed by atoms with van der Waals surface area (Å²) in [4.78, 5) is 27.4. The van der Waals surface area contributed by atoms with Crippen molar-refractivity contribution < 1.29 is 9.59 Å². The maximum atomic E-state index is 13.0. The van der Waals surface area contributed by atoms with Crippen molar-refractivity contribution in [1.82, 2.24) is 5.32 Å². The smallest absolute Gasteiger partial charge is 0.258 e. The van der Waals surface area contributed by atoms with Crippen molar-refractivity contribution in [3.05, 3.63) is 59.7 Å². The van der Waals surface area contributed by atoms with Crippen LogP contribution < -0.4 is 15.5 Å². The second-order valence-corrected chi connectivity index (χ2v) is 8.25. The van der Waals surface area contributed by atoms with Crippen LogP contribution in [0.25, 0.3) is 0 Å². The van der Waals surface area contributed by atoms with Crippen molar-refractivity contribution in [1.29, 1.82) is 0 Å². The number of amides is 2. The SMILES string of the molecule is CC(CC(=O)Nc1cccc(C(=O)N2CCc3ccccc32)c1)C1CCCNC1. The van der Waals surface area contributed by atoms with Gasteiger partial charge in [-0.05, 0) is 74.0 Å². The summed E-state index contributed by atoms with van der Waals surface area (Å²) in [6.45, 7) is 4.93. The quantitative estimate of drug-likeness (QED) is 0.814. The molecule has 1 fully saturated rings. The molecule has 2 aliphatic rings. The number of rotatable bonds is 5. The lowest BCUT2D eigenvalue weighted by molar-refractivity contribution is -0.117. The number of carbonyl (C=O) groups excluding carboxylic acids is 2. The summed E-state index contributed by atoms with van der Waals surface area (Å²) < 4.78 is 0. The van der Waals surface area contributed by atoms with Crippen LogP contribution >= 0.6 is 0 Å². The lowest BCUT2D eigenvalue weighted by atomic mass is 9.85. The summed E-state index contributed by atoms with van der Waals surface area (Å²) in [5.41, 5.74) is 3.48. The Labute approximate surface area is 172 Å². The molecule has 2 aromatic rings. The summed E-state index contributed by atoms with van der Waals surface area (Å²) in [6, 6.07) is 15.3. The molecule has 5 nitrogen and oxygen atoms in total. The second kappa shape index (κ2) is 8.78. The summed E-state index contributed by atoms with van der Waals surface area (Å²) in [5.74, 6) is 0.887. The molecule has 2 atom stereocenters. The number of nitrogens with one attached hydrogen (secondary N) is 2. The first-order chi connectivity index (χ1) is 14.1. The molecule has 0 spiro atoms. The van der Waals surface area contributed by atoms with Gasteiger partial charge >= 0.3 is 0 Å². The van der Waals surface area contributed by atoms with Crippen LogP contribution in [-0.2, 0) is 11.2 Å². The third-order valence-corrected chi connectivity index (χ3v) is 6.17. The highest BCUT2D eigenvalue weighted by molar-refractivity contribution is 6.08. The van der Waals surface area contributed by atoms with E-state index in [-0.39, 0.29) is 11.8 Å². The van der Waals surface area contributed by atoms with E-state index in [0.29, 0.717) is 36.1 Å². The molecule has 0 bridgehead atoms. The molecule has 0 saturated carbocycles. The summed E-state index contributed by atoms with van der Waals surface area (Å²) in [7, 11) is 0. The molecule has 4 rings (SSSR count). The average molecular weight is 392 g/mol. The van der Waals surface area contributed by atoms with Gasteiger partial charge in [-0.1, -0.05) is 31.2 Å². The van der Waals surface area contributed by atoms with Crippen molar-refractivity contribution in [2.24, 2.45) is 11.8 Å². The molecule has 2 N–H and O–H groups in total. The standard InChI is InChI=1S/C24H29N3O2/c1-17(20-8-5-12-25-16-20)14-23(28)26-21-9-4-7-19(15-21)24(29)27-13-11-18-6-2-3-10-22(18)27/h2-4,6-7,9-10,15,17,20,25H,5,8,11-14,16H2,1H3,(H,26,28). The first-order valence-corrected chi connectivity index (χ1v) is 10.6. The number of nitrogens with zero attached hydrogens (tertiary/aromatic N) is 1.